The van der Waals surface area contributed by atoms with Crippen LogP contribution < -0.4 is 15.8 Å². The van der Waals surface area contributed by atoms with Crippen LogP contribution in [-0.2, 0) is 0 Å². The van der Waals surface area contributed by atoms with Crippen LogP contribution in [-0.4, -0.2) is 28.2 Å². The Balaban J connectivity index is 2.23. The third-order valence-electron chi connectivity index (χ3n) is 2.32. The van der Waals surface area contributed by atoms with Gasteiger partial charge in [0.1, 0.15) is 5.75 Å². The summed E-state index contributed by atoms with van der Waals surface area (Å²) in [4.78, 5) is 15.6. The topological polar surface area (TPSA) is 106 Å². The van der Waals surface area contributed by atoms with E-state index in [0.29, 0.717) is 11.4 Å². The fraction of sp³-hybridized carbons (Fsp3) is 0.182. The van der Waals surface area contributed by atoms with Crippen molar-refractivity contribution in [3.05, 3.63) is 29.6 Å². The molecule has 0 bridgehead atoms. The number of ether oxygens (including phenoxy) is 1. The standard InChI is InChI=1S/C11H13N5O2/c1-6-3-4-8(18-2)7(5-6)13-10(17)9-14-11(12)16-15-9/h3-5H,1-2H3,(H,13,17)(H3,12,14,15,16). The first-order valence-corrected chi connectivity index (χ1v) is 5.24. The molecule has 2 aromatic rings. The second-order valence-corrected chi connectivity index (χ2v) is 3.70. The van der Waals surface area contributed by atoms with Gasteiger partial charge in [0.05, 0.1) is 12.8 Å². The van der Waals surface area contributed by atoms with E-state index in [2.05, 4.69) is 20.5 Å². The fourth-order valence-electron chi connectivity index (χ4n) is 1.48. The van der Waals surface area contributed by atoms with Crippen molar-refractivity contribution >= 4 is 17.5 Å². The van der Waals surface area contributed by atoms with Crippen LogP contribution in [0.5, 0.6) is 5.75 Å². The quantitative estimate of drug-likeness (QED) is 0.748. The van der Waals surface area contributed by atoms with Crippen molar-refractivity contribution in [2.45, 2.75) is 6.92 Å². The highest BCUT2D eigenvalue weighted by Gasteiger charge is 2.13. The summed E-state index contributed by atoms with van der Waals surface area (Å²) in [5.74, 6) is 0.219. The van der Waals surface area contributed by atoms with Crippen LogP contribution in [0.2, 0.25) is 0 Å². The van der Waals surface area contributed by atoms with Gasteiger partial charge in [-0.15, -0.1) is 5.10 Å². The molecule has 0 spiro atoms. The first kappa shape index (κ1) is 11.9. The Morgan fingerprint density at radius 2 is 2.28 bits per heavy atom. The van der Waals surface area contributed by atoms with Gasteiger partial charge in [0.15, 0.2) is 0 Å². The van der Waals surface area contributed by atoms with Gasteiger partial charge in [-0.2, -0.15) is 4.98 Å². The lowest BCUT2D eigenvalue weighted by atomic mass is 10.2. The smallest absolute Gasteiger partial charge is 0.293 e. The minimum Gasteiger partial charge on any atom is -0.495 e. The minimum absolute atomic E-state index is 0.0244. The lowest BCUT2D eigenvalue weighted by Crippen LogP contribution is -2.14. The van der Waals surface area contributed by atoms with Crippen LogP contribution in [0.25, 0.3) is 0 Å². The van der Waals surface area contributed by atoms with Crippen LogP contribution in [0.15, 0.2) is 18.2 Å². The summed E-state index contributed by atoms with van der Waals surface area (Å²) in [5.41, 5.74) is 6.90. The number of aromatic amines is 1. The van der Waals surface area contributed by atoms with Crippen LogP contribution in [0.4, 0.5) is 11.6 Å². The SMILES string of the molecule is COc1ccc(C)cc1NC(=O)c1nc(N)n[nH]1. The highest BCUT2D eigenvalue weighted by atomic mass is 16.5. The minimum atomic E-state index is -0.428. The number of carbonyl (C=O) groups is 1. The molecule has 1 amide bonds. The van der Waals surface area contributed by atoms with Gasteiger partial charge in [0.25, 0.3) is 5.91 Å². The zero-order valence-corrected chi connectivity index (χ0v) is 10.0. The van der Waals surface area contributed by atoms with Gasteiger partial charge in [-0.3, -0.25) is 9.89 Å². The van der Waals surface area contributed by atoms with Gasteiger partial charge in [0.2, 0.25) is 11.8 Å². The molecule has 7 nitrogen and oxygen atoms in total. The Morgan fingerprint density at radius 3 is 2.89 bits per heavy atom. The molecule has 1 aromatic carbocycles. The van der Waals surface area contributed by atoms with E-state index in [-0.39, 0.29) is 11.8 Å². The number of aryl methyl sites for hydroxylation is 1. The zero-order valence-electron chi connectivity index (χ0n) is 10.0. The number of methoxy groups -OCH3 is 1. The monoisotopic (exact) mass is 247 g/mol. The van der Waals surface area contributed by atoms with Gasteiger partial charge < -0.3 is 15.8 Å². The number of nitrogens with zero attached hydrogens (tertiary/aromatic N) is 2. The van der Waals surface area contributed by atoms with Crippen molar-refractivity contribution in [1.82, 2.24) is 15.2 Å². The third kappa shape index (κ3) is 2.40. The summed E-state index contributed by atoms with van der Waals surface area (Å²) in [6.45, 7) is 1.92. The largest absolute Gasteiger partial charge is 0.495 e. The molecule has 7 heteroatoms. The van der Waals surface area contributed by atoms with E-state index in [1.165, 1.54) is 7.11 Å². The number of hydrogen-bond donors (Lipinski definition) is 3. The van der Waals surface area contributed by atoms with E-state index in [1.54, 1.807) is 12.1 Å². The second-order valence-electron chi connectivity index (χ2n) is 3.70. The van der Waals surface area contributed by atoms with E-state index < -0.39 is 5.91 Å². The van der Waals surface area contributed by atoms with Crippen molar-refractivity contribution in [3.63, 3.8) is 0 Å². The molecule has 0 saturated heterocycles. The molecule has 0 unspecified atom stereocenters. The Kier molecular flexibility index (Phi) is 3.13. The molecule has 0 radical (unpaired) electrons. The molecule has 0 saturated carbocycles. The highest BCUT2D eigenvalue weighted by molar-refractivity contribution is 6.02. The lowest BCUT2D eigenvalue weighted by Gasteiger charge is -2.09. The van der Waals surface area contributed by atoms with E-state index in [4.69, 9.17) is 10.5 Å². The number of nitrogens with two attached hydrogens (primary N) is 1. The molecule has 2 rings (SSSR count). The third-order valence-corrected chi connectivity index (χ3v) is 2.32. The first-order valence-electron chi connectivity index (χ1n) is 5.24. The molecule has 94 valence electrons. The summed E-state index contributed by atoms with van der Waals surface area (Å²) in [6, 6.07) is 5.47. The number of aromatic nitrogens is 3. The number of H-pyrrole nitrogens is 1. The van der Waals surface area contributed by atoms with Gasteiger partial charge in [-0.05, 0) is 24.6 Å². The van der Waals surface area contributed by atoms with Crippen LogP contribution in [0, 0.1) is 6.92 Å². The number of nitrogen functional groups attached to an aromatic ring is 1. The van der Waals surface area contributed by atoms with E-state index in [1.807, 2.05) is 13.0 Å². The maximum atomic E-state index is 11.9. The van der Waals surface area contributed by atoms with Gasteiger partial charge in [-0.1, -0.05) is 6.07 Å². The molecule has 0 atom stereocenters. The molecule has 0 aliphatic heterocycles. The first-order chi connectivity index (χ1) is 8.60. The average molecular weight is 247 g/mol. The van der Waals surface area contributed by atoms with Crippen molar-refractivity contribution in [2.24, 2.45) is 0 Å². The summed E-state index contributed by atoms with van der Waals surface area (Å²) >= 11 is 0. The Bertz CT molecular complexity index is 579. The number of amides is 1. The molecule has 1 heterocycles. The van der Waals surface area contributed by atoms with E-state index in [0.717, 1.165) is 5.56 Å². The molecule has 1 aromatic heterocycles. The molecule has 18 heavy (non-hydrogen) atoms. The van der Waals surface area contributed by atoms with Gasteiger partial charge >= 0.3 is 0 Å². The number of nitrogens with one attached hydrogen (secondary N) is 2. The Morgan fingerprint density at radius 1 is 1.50 bits per heavy atom. The highest BCUT2D eigenvalue weighted by Crippen LogP contribution is 2.25. The summed E-state index contributed by atoms with van der Waals surface area (Å²) in [7, 11) is 1.53. The Hall–Kier alpha value is -2.57. The van der Waals surface area contributed by atoms with Crippen molar-refractivity contribution in [3.8, 4) is 5.75 Å². The average Bonchev–Trinajstić information content (AvgIpc) is 2.76. The Labute approximate surface area is 103 Å². The number of benzene rings is 1. The number of rotatable bonds is 3. The predicted molar refractivity (Wildman–Crippen MR) is 66.5 cm³/mol. The van der Waals surface area contributed by atoms with Crippen LogP contribution in [0.3, 0.4) is 0 Å². The second kappa shape index (κ2) is 4.74. The molecular formula is C11H13N5O2. The predicted octanol–water partition coefficient (Wildman–Crippen LogP) is 0.956. The normalized spacial score (nSPS) is 10.1. The summed E-state index contributed by atoms with van der Waals surface area (Å²) in [6.07, 6.45) is 0. The number of anilines is 2. The zero-order chi connectivity index (χ0) is 13.1. The van der Waals surface area contributed by atoms with Gasteiger partial charge in [0, 0.05) is 0 Å². The maximum Gasteiger partial charge on any atom is 0.293 e. The number of hydrogen-bond acceptors (Lipinski definition) is 5. The van der Waals surface area contributed by atoms with Crippen molar-refractivity contribution in [2.75, 3.05) is 18.2 Å². The molecule has 0 aliphatic rings. The summed E-state index contributed by atoms with van der Waals surface area (Å²) in [5, 5.41) is 8.71. The van der Waals surface area contributed by atoms with E-state index >= 15 is 0 Å². The van der Waals surface area contributed by atoms with Crippen LogP contribution >= 0.6 is 0 Å². The van der Waals surface area contributed by atoms with Gasteiger partial charge in [-0.25, -0.2) is 0 Å². The summed E-state index contributed by atoms with van der Waals surface area (Å²) < 4.78 is 5.16. The molecule has 0 aliphatic carbocycles. The van der Waals surface area contributed by atoms with E-state index in [9.17, 15) is 4.79 Å². The molecule has 4 N–H and O–H groups in total. The van der Waals surface area contributed by atoms with Crippen molar-refractivity contribution < 1.29 is 9.53 Å². The van der Waals surface area contributed by atoms with Crippen molar-refractivity contribution in [1.29, 1.82) is 0 Å². The lowest BCUT2D eigenvalue weighted by molar-refractivity contribution is 0.101. The molecule has 0 fully saturated rings. The number of carbonyl (C=O) groups excluding carboxylic acids is 1. The maximum absolute atomic E-state index is 11.9. The van der Waals surface area contributed by atoms with Crippen LogP contribution in [0.1, 0.15) is 16.2 Å². The fourth-order valence-corrected chi connectivity index (χ4v) is 1.48. The molecular weight excluding hydrogens is 234 g/mol.